The maximum Gasteiger partial charge on any atom is 0.244 e. The topological polar surface area (TPSA) is 72.5 Å². The zero-order chi connectivity index (χ0) is 9.56. The van der Waals surface area contributed by atoms with Crippen molar-refractivity contribution in [3.8, 4) is 0 Å². The minimum absolute atomic E-state index is 0.142. The molecule has 0 aliphatic heterocycles. The van der Waals surface area contributed by atoms with Gasteiger partial charge < -0.3 is 5.73 Å². The predicted octanol–water partition coefficient (Wildman–Crippen LogP) is 0.532. The lowest BCUT2D eigenvalue weighted by atomic mass is 10.2. The smallest absolute Gasteiger partial charge is 0.244 e. The lowest BCUT2D eigenvalue weighted by molar-refractivity contribution is -0.114. The number of hydrogen-bond acceptors (Lipinski definition) is 3. The molecule has 0 radical (unpaired) electrons. The Kier molecular flexibility index (Phi) is 4.65. The van der Waals surface area contributed by atoms with E-state index in [4.69, 9.17) is 5.73 Å². The highest BCUT2D eigenvalue weighted by atomic mass is 16.1. The summed E-state index contributed by atoms with van der Waals surface area (Å²) in [5.41, 5.74) is 5.47. The second kappa shape index (κ2) is 5.27. The molecule has 2 N–H and O–H groups in total. The number of hydrogen-bond donors (Lipinski definition) is 1. The molecule has 1 atom stereocenters. The Morgan fingerprint density at radius 1 is 1.75 bits per heavy atom. The maximum absolute atomic E-state index is 10.5. The van der Waals surface area contributed by atoms with Gasteiger partial charge in [0.2, 0.25) is 12.0 Å². The average Bonchev–Trinajstić information content (AvgIpc) is 2.00. The van der Waals surface area contributed by atoms with Gasteiger partial charge in [-0.1, -0.05) is 6.08 Å². The number of nitrogens with two attached hydrogens (primary N) is 1. The summed E-state index contributed by atoms with van der Waals surface area (Å²) in [4.78, 5) is 23.8. The lowest BCUT2D eigenvalue weighted by Gasteiger charge is -1.98. The summed E-state index contributed by atoms with van der Waals surface area (Å²) in [6.45, 7) is 3.38. The van der Waals surface area contributed by atoms with Crippen molar-refractivity contribution in [1.29, 1.82) is 0 Å². The van der Waals surface area contributed by atoms with E-state index < -0.39 is 5.91 Å². The third kappa shape index (κ3) is 4.41. The van der Waals surface area contributed by atoms with Gasteiger partial charge in [0, 0.05) is 5.57 Å². The molecule has 1 amide bonds. The van der Waals surface area contributed by atoms with Crippen LogP contribution in [-0.2, 0) is 9.59 Å². The largest absolute Gasteiger partial charge is 0.366 e. The zero-order valence-electron chi connectivity index (χ0n) is 7.20. The van der Waals surface area contributed by atoms with E-state index >= 15 is 0 Å². The van der Waals surface area contributed by atoms with Crippen LogP contribution in [0, 0.1) is 0 Å². The van der Waals surface area contributed by atoms with E-state index in [-0.39, 0.29) is 6.04 Å². The van der Waals surface area contributed by atoms with Gasteiger partial charge >= 0.3 is 0 Å². The van der Waals surface area contributed by atoms with Crippen LogP contribution < -0.4 is 5.73 Å². The molecule has 0 aromatic rings. The van der Waals surface area contributed by atoms with Crippen molar-refractivity contribution in [2.75, 3.05) is 0 Å². The molecule has 0 aromatic heterocycles. The molecule has 0 saturated heterocycles. The SMILES string of the molecule is C/C(=C\CC(C)N=C=O)C(N)=O. The monoisotopic (exact) mass is 168 g/mol. The number of primary amides is 1. The van der Waals surface area contributed by atoms with E-state index in [0.29, 0.717) is 12.0 Å². The zero-order valence-corrected chi connectivity index (χ0v) is 7.20. The molecule has 1 unspecified atom stereocenters. The summed E-state index contributed by atoms with van der Waals surface area (Å²) in [5, 5.41) is 0. The van der Waals surface area contributed by atoms with Gasteiger partial charge in [-0.3, -0.25) is 4.79 Å². The Hall–Kier alpha value is -1.41. The van der Waals surface area contributed by atoms with Gasteiger partial charge in [0.15, 0.2) is 0 Å². The lowest BCUT2D eigenvalue weighted by Crippen LogP contribution is -2.12. The molecule has 0 spiro atoms. The molecule has 0 bridgehead atoms. The molecule has 0 rings (SSSR count). The fraction of sp³-hybridized carbons (Fsp3) is 0.500. The van der Waals surface area contributed by atoms with Crippen LogP contribution in [0.15, 0.2) is 16.6 Å². The van der Waals surface area contributed by atoms with Gasteiger partial charge in [0.1, 0.15) is 0 Å². The van der Waals surface area contributed by atoms with Crippen LogP contribution >= 0.6 is 0 Å². The first-order valence-corrected chi connectivity index (χ1v) is 3.61. The number of nitrogens with zero attached hydrogens (tertiary/aromatic N) is 1. The number of rotatable bonds is 4. The van der Waals surface area contributed by atoms with E-state index in [2.05, 4.69) is 4.99 Å². The fourth-order valence-corrected chi connectivity index (χ4v) is 0.591. The van der Waals surface area contributed by atoms with E-state index in [1.165, 1.54) is 6.08 Å². The molecule has 4 heteroatoms. The molecule has 0 aliphatic rings. The molecule has 0 heterocycles. The molecule has 66 valence electrons. The van der Waals surface area contributed by atoms with Crippen LogP contribution in [0.2, 0.25) is 0 Å². The second-order valence-corrected chi connectivity index (χ2v) is 2.56. The third-order valence-electron chi connectivity index (χ3n) is 1.43. The molecular formula is C8H12N2O2. The number of aliphatic imine (C=N–C) groups is 1. The van der Waals surface area contributed by atoms with Crippen molar-refractivity contribution in [1.82, 2.24) is 0 Å². The molecule has 12 heavy (non-hydrogen) atoms. The van der Waals surface area contributed by atoms with Crippen LogP contribution in [0.5, 0.6) is 0 Å². The number of carbonyl (C=O) groups excluding carboxylic acids is 2. The first-order chi connectivity index (χ1) is 5.57. The Morgan fingerprint density at radius 3 is 2.75 bits per heavy atom. The van der Waals surface area contributed by atoms with E-state index in [1.807, 2.05) is 0 Å². The normalized spacial score (nSPS) is 13.3. The van der Waals surface area contributed by atoms with Gasteiger partial charge in [-0.2, -0.15) is 0 Å². The molecule has 0 aromatic carbocycles. The Bertz CT molecular complexity index is 239. The highest BCUT2D eigenvalue weighted by molar-refractivity contribution is 5.91. The maximum atomic E-state index is 10.5. The predicted molar refractivity (Wildman–Crippen MR) is 45.2 cm³/mol. The van der Waals surface area contributed by atoms with Crippen LogP contribution in [0.1, 0.15) is 20.3 Å². The molecule has 4 nitrogen and oxygen atoms in total. The van der Waals surface area contributed by atoms with E-state index in [0.717, 1.165) is 0 Å². The van der Waals surface area contributed by atoms with Crippen molar-refractivity contribution < 1.29 is 9.59 Å². The minimum atomic E-state index is -0.447. The van der Waals surface area contributed by atoms with Gasteiger partial charge in [-0.25, -0.2) is 9.79 Å². The number of carbonyl (C=O) groups is 1. The summed E-state index contributed by atoms with van der Waals surface area (Å²) < 4.78 is 0. The fourth-order valence-electron chi connectivity index (χ4n) is 0.591. The van der Waals surface area contributed by atoms with Gasteiger partial charge in [0.25, 0.3) is 0 Å². The molecule has 0 saturated carbocycles. The van der Waals surface area contributed by atoms with Crippen molar-refractivity contribution >= 4 is 12.0 Å². The van der Waals surface area contributed by atoms with Gasteiger partial charge in [-0.05, 0) is 20.3 Å². The van der Waals surface area contributed by atoms with E-state index in [9.17, 15) is 9.59 Å². The first-order valence-electron chi connectivity index (χ1n) is 3.61. The summed E-state index contributed by atoms with van der Waals surface area (Å²) in [7, 11) is 0. The minimum Gasteiger partial charge on any atom is -0.366 e. The average molecular weight is 168 g/mol. The Labute approximate surface area is 71.2 Å². The summed E-state index contributed by atoms with van der Waals surface area (Å²) in [6, 6.07) is -0.142. The molecule has 0 aliphatic carbocycles. The standard InChI is InChI=1S/C8H12N2O2/c1-6(8(9)12)3-4-7(2)10-5-11/h3,7H,4H2,1-2H3,(H2,9,12)/b6-3+. The van der Waals surface area contributed by atoms with Gasteiger partial charge in [-0.15, -0.1) is 0 Å². The van der Waals surface area contributed by atoms with Crippen molar-refractivity contribution in [2.24, 2.45) is 10.7 Å². The third-order valence-corrected chi connectivity index (χ3v) is 1.43. The molecular weight excluding hydrogens is 156 g/mol. The second-order valence-electron chi connectivity index (χ2n) is 2.56. The summed E-state index contributed by atoms with van der Waals surface area (Å²) >= 11 is 0. The van der Waals surface area contributed by atoms with Crippen molar-refractivity contribution in [2.45, 2.75) is 26.3 Å². The number of amides is 1. The number of isocyanates is 1. The molecule has 0 fully saturated rings. The Morgan fingerprint density at radius 2 is 2.33 bits per heavy atom. The van der Waals surface area contributed by atoms with Gasteiger partial charge in [0.05, 0.1) is 6.04 Å². The van der Waals surface area contributed by atoms with E-state index in [1.54, 1.807) is 19.9 Å². The van der Waals surface area contributed by atoms with Crippen molar-refractivity contribution in [3.63, 3.8) is 0 Å². The summed E-state index contributed by atoms with van der Waals surface area (Å²) in [6.07, 6.45) is 3.64. The van der Waals surface area contributed by atoms with Crippen LogP contribution in [-0.4, -0.2) is 18.0 Å². The van der Waals surface area contributed by atoms with Crippen molar-refractivity contribution in [3.05, 3.63) is 11.6 Å². The van der Waals surface area contributed by atoms with Crippen LogP contribution in [0.25, 0.3) is 0 Å². The quantitative estimate of drug-likeness (QED) is 0.378. The van der Waals surface area contributed by atoms with Crippen LogP contribution in [0.4, 0.5) is 0 Å². The highest BCUT2D eigenvalue weighted by Gasteiger charge is 1.99. The first kappa shape index (κ1) is 10.6. The highest BCUT2D eigenvalue weighted by Crippen LogP contribution is 2.00. The van der Waals surface area contributed by atoms with Crippen LogP contribution in [0.3, 0.4) is 0 Å². The summed E-state index contributed by atoms with van der Waals surface area (Å²) in [5.74, 6) is -0.447. The Balaban J connectivity index is 4.03.